The summed E-state index contributed by atoms with van der Waals surface area (Å²) in [4.78, 5) is 22.9. The van der Waals surface area contributed by atoms with Gasteiger partial charge in [-0.15, -0.1) is 0 Å². The molecule has 120 valence electrons. The lowest BCUT2D eigenvalue weighted by atomic mass is 10.3. The van der Waals surface area contributed by atoms with E-state index >= 15 is 0 Å². The van der Waals surface area contributed by atoms with E-state index in [1.165, 1.54) is 18.2 Å². The van der Waals surface area contributed by atoms with Gasteiger partial charge in [0.15, 0.2) is 0 Å². The number of urea groups is 2. The molecule has 0 atom stereocenters. The SMILES string of the molecule is O=C(NC(=O)Nc1cccc(S(=O)(=O)O)c1)Nc1ccccc1. The lowest BCUT2D eigenvalue weighted by Crippen LogP contribution is -2.37. The molecule has 2 aromatic carbocycles. The standard InChI is InChI=1S/C14H13N3O5S/c18-13(15-10-5-2-1-3-6-10)17-14(19)16-11-7-4-8-12(9-11)23(20,21)22/h1-9H,(H,20,21,22)(H3,15,16,17,18,19). The minimum Gasteiger partial charge on any atom is -0.308 e. The average molecular weight is 335 g/mol. The number of rotatable bonds is 3. The smallest absolute Gasteiger partial charge is 0.308 e. The van der Waals surface area contributed by atoms with Gasteiger partial charge >= 0.3 is 12.1 Å². The Labute approximate surface area is 132 Å². The van der Waals surface area contributed by atoms with Gasteiger partial charge in [-0.1, -0.05) is 24.3 Å². The van der Waals surface area contributed by atoms with E-state index in [2.05, 4.69) is 10.6 Å². The molecule has 0 radical (unpaired) electrons. The van der Waals surface area contributed by atoms with Crippen LogP contribution in [-0.4, -0.2) is 25.0 Å². The summed E-state index contributed by atoms with van der Waals surface area (Å²) in [6.45, 7) is 0. The second kappa shape index (κ2) is 6.90. The van der Waals surface area contributed by atoms with Crippen LogP contribution in [0.1, 0.15) is 0 Å². The second-order valence-corrected chi connectivity index (χ2v) is 5.82. The van der Waals surface area contributed by atoms with E-state index in [9.17, 15) is 18.0 Å². The zero-order valence-corrected chi connectivity index (χ0v) is 12.5. The molecule has 2 aromatic rings. The Morgan fingerprint density at radius 2 is 1.39 bits per heavy atom. The van der Waals surface area contributed by atoms with Crippen LogP contribution in [-0.2, 0) is 10.1 Å². The van der Waals surface area contributed by atoms with Gasteiger partial charge in [0.25, 0.3) is 10.1 Å². The van der Waals surface area contributed by atoms with Crippen molar-refractivity contribution in [2.75, 3.05) is 10.6 Å². The number of hydrogen-bond donors (Lipinski definition) is 4. The van der Waals surface area contributed by atoms with Gasteiger partial charge < -0.3 is 10.6 Å². The van der Waals surface area contributed by atoms with Gasteiger partial charge in [0.2, 0.25) is 0 Å². The first kappa shape index (κ1) is 16.5. The highest BCUT2D eigenvalue weighted by atomic mass is 32.2. The highest BCUT2D eigenvalue weighted by molar-refractivity contribution is 7.85. The lowest BCUT2D eigenvalue weighted by molar-refractivity contribution is 0.240. The molecule has 4 amide bonds. The molecule has 0 bridgehead atoms. The van der Waals surface area contributed by atoms with Crippen molar-refractivity contribution in [3.05, 3.63) is 54.6 Å². The fraction of sp³-hybridized carbons (Fsp3) is 0. The van der Waals surface area contributed by atoms with E-state index in [-0.39, 0.29) is 10.6 Å². The maximum atomic E-state index is 11.7. The number of anilines is 2. The zero-order chi connectivity index (χ0) is 16.9. The molecule has 0 fully saturated rings. The van der Waals surface area contributed by atoms with Gasteiger partial charge in [0.05, 0.1) is 4.90 Å². The van der Waals surface area contributed by atoms with Crippen molar-refractivity contribution in [2.24, 2.45) is 0 Å². The molecule has 0 aliphatic rings. The van der Waals surface area contributed by atoms with Crippen molar-refractivity contribution >= 4 is 33.6 Å². The van der Waals surface area contributed by atoms with Crippen molar-refractivity contribution in [3.63, 3.8) is 0 Å². The predicted octanol–water partition coefficient (Wildman–Crippen LogP) is 2.29. The van der Waals surface area contributed by atoms with E-state index in [4.69, 9.17) is 4.55 Å². The number of imide groups is 1. The molecule has 0 saturated heterocycles. The average Bonchev–Trinajstić information content (AvgIpc) is 2.47. The van der Waals surface area contributed by atoms with Crippen LogP contribution in [0.5, 0.6) is 0 Å². The molecule has 0 saturated carbocycles. The molecular formula is C14H13N3O5S. The molecule has 0 unspecified atom stereocenters. The number of carbonyl (C=O) groups is 2. The summed E-state index contributed by atoms with van der Waals surface area (Å²) in [6.07, 6.45) is 0. The summed E-state index contributed by atoms with van der Waals surface area (Å²) in [6, 6.07) is 11.9. The van der Waals surface area contributed by atoms with Crippen LogP contribution in [0.25, 0.3) is 0 Å². The summed E-state index contributed by atoms with van der Waals surface area (Å²) in [7, 11) is -4.38. The number of para-hydroxylation sites is 1. The van der Waals surface area contributed by atoms with E-state index in [1.54, 1.807) is 30.3 Å². The molecule has 23 heavy (non-hydrogen) atoms. The number of hydrogen-bond acceptors (Lipinski definition) is 4. The van der Waals surface area contributed by atoms with Gasteiger partial charge in [-0.3, -0.25) is 9.87 Å². The minimum absolute atomic E-state index is 0.102. The summed E-state index contributed by atoms with van der Waals surface area (Å²) in [5.41, 5.74) is 0.608. The summed E-state index contributed by atoms with van der Waals surface area (Å²) >= 11 is 0. The normalized spacial score (nSPS) is 10.7. The molecule has 8 nitrogen and oxygen atoms in total. The van der Waals surface area contributed by atoms with E-state index in [1.807, 2.05) is 5.32 Å². The molecule has 0 aliphatic heterocycles. The van der Waals surface area contributed by atoms with Gasteiger partial charge in [-0.2, -0.15) is 8.42 Å². The molecule has 4 N–H and O–H groups in total. The topological polar surface area (TPSA) is 125 Å². The number of nitrogens with one attached hydrogen (secondary N) is 3. The number of benzene rings is 2. The van der Waals surface area contributed by atoms with Crippen LogP contribution in [0.15, 0.2) is 59.5 Å². The largest absolute Gasteiger partial charge is 0.327 e. The summed E-state index contributed by atoms with van der Waals surface area (Å²) in [5.74, 6) is 0. The second-order valence-electron chi connectivity index (χ2n) is 4.40. The van der Waals surface area contributed by atoms with Crippen LogP contribution >= 0.6 is 0 Å². The first-order chi connectivity index (χ1) is 10.8. The van der Waals surface area contributed by atoms with Crippen LogP contribution in [0.2, 0.25) is 0 Å². The minimum atomic E-state index is -4.38. The van der Waals surface area contributed by atoms with Crippen LogP contribution in [0.3, 0.4) is 0 Å². The number of amides is 4. The van der Waals surface area contributed by atoms with Gasteiger partial charge in [-0.25, -0.2) is 9.59 Å². The van der Waals surface area contributed by atoms with Crippen molar-refractivity contribution in [2.45, 2.75) is 4.90 Å². The fourth-order valence-electron chi connectivity index (χ4n) is 1.68. The van der Waals surface area contributed by atoms with Crippen molar-refractivity contribution in [1.29, 1.82) is 0 Å². The molecule has 0 spiro atoms. The van der Waals surface area contributed by atoms with Crippen molar-refractivity contribution in [1.82, 2.24) is 5.32 Å². The molecular weight excluding hydrogens is 322 g/mol. The Bertz CT molecular complexity index is 821. The first-order valence-corrected chi connectivity index (χ1v) is 7.80. The van der Waals surface area contributed by atoms with E-state index < -0.39 is 22.2 Å². The third-order valence-electron chi connectivity index (χ3n) is 2.65. The number of carbonyl (C=O) groups excluding carboxylic acids is 2. The Kier molecular flexibility index (Phi) is 4.94. The van der Waals surface area contributed by atoms with Crippen LogP contribution in [0, 0.1) is 0 Å². The quantitative estimate of drug-likeness (QED) is 0.641. The highest BCUT2D eigenvalue weighted by Crippen LogP contribution is 2.14. The molecule has 0 heterocycles. The van der Waals surface area contributed by atoms with Crippen LogP contribution < -0.4 is 16.0 Å². The van der Waals surface area contributed by atoms with Gasteiger partial charge in [-0.05, 0) is 30.3 Å². The Morgan fingerprint density at radius 3 is 2.00 bits per heavy atom. The first-order valence-electron chi connectivity index (χ1n) is 6.36. The fourth-order valence-corrected chi connectivity index (χ4v) is 2.21. The third kappa shape index (κ3) is 5.09. The van der Waals surface area contributed by atoms with Crippen molar-refractivity contribution in [3.8, 4) is 0 Å². The van der Waals surface area contributed by atoms with Gasteiger partial charge in [0.1, 0.15) is 0 Å². The zero-order valence-electron chi connectivity index (χ0n) is 11.7. The van der Waals surface area contributed by atoms with E-state index in [0.717, 1.165) is 6.07 Å². The maximum absolute atomic E-state index is 11.7. The highest BCUT2D eigenvalue weighted by Gasteiger charge is 2.12. The van der Waals surface area contributed by atoms with E-state index in [0.29, 0.717) is 5.69 Å². The van der Waals surface area contributed by atoms with Gasteiger partial charge in [0, 0.05) is 11.4 Å². The summed E-state index contributed by atoms with van der Waals surface area (Å²) < 4.78 is 31.0. The lowest BCUT2D eigenvalue weighted by Gasteiger charge is -2.08. The molecule has 2 rings (SSSR count). The molecule has 9 heteroatoms. The Hall–Kier alpha value is -2.91. The maximum Gasteiger partial charge on any atom is 0.327 e. The Balaban J connectivity index is 1.96. The molecule has 0 aliphatic carbocycles. The summed E-state index contributed by atoms with van der Waals surface area (Å²) in [5, 5.41) is 6.76. The van der Waals surface area contributed by atoms with Crippen molar-refractivity contribution < 1.29 is 22.6 Å². The monoisotopic (exact) mass is 335 g/mol. The molecule has 0 aromatic heterocycles. The third-order valence-corrected chi connectivity index (χ3v) is 3.50. The van der Waals surface area contributed by atoms with Crippen LogP contribution in [0.4, 0.5) is 21.0 Å². The predicted molar refractivity (Wildman–Crippen MR) is 83.9 cm³/mol. The Morgan fingerprint density at radius 1 is 0.826 bits per heavy atom.